The average molecular weight is 339 g/mol. The number of anilines is 2. The Balaban J connectivity index is 2.60. The normalized spacial score (nSPS) is 11.3. The molecule has 0 aliphatic carbocycles. The summed E-state index contributed by atoms with van der Waals surface area (Å²) in [5.41, 5.74) is 6.23. The highest BCUT2D eigenvalue weighted by Gasteiger charge is 2.13. The van der Waals surface area contributed by atoms with Crippen molar-refractivity contribution in [2.45, 2.75) is 19.8 Å². The van der Waals surface area contributed by atoms with Crippen molar-refractivity contribution in [1.82, 2.24) is 0 Å². The van der Waals surface area contributed by atoms with Gasteiger partial charge >= 0.3 is 0 Å². The molecule has 0 bridgehead atoms. The van der Waals surface area contributed by atoms with E-state index in [2.05, 4.69) is 5.32 Å². The molecule has 0 aliphatic rings. The smallest absolute Gasteiger partial charge is 0.224 e. The highest BCUT2D eigenvalue weighted by atomic mass is 35.5. The zero-order valence-electron chi connectivity index (χ0n) is 10.9. The van der Waals surface area contributed by atoms with Gasteiger partial charge in [-0.05, 0) is 18.6 Å². The monoisotopic (exact) mass is 338 g/mol. The number of carbonyl (C=O) groups is 1. The molecule has 8 heteroatoms. The molecule has 0 aromatic heterocycles. The van der Waals surface area contributed by atoms with E-state index in [9.17, 15) is 13.2 Å². The fraction of sp³-hybridized carbons (Fsp3) is 0.417. The van der Waals surface area contributed by atoms with Crippen molar-refractivity contribution >= 4 is 50.3 Å². The quantitative estimate of drug-likeness (QED) is 0.780. The second kappa shape index (κ2) is 7.15. The first-order valence-electron chi connectivity index (χ1n) is 6.00. The number of hydrogen-bond donors (Lipinski definition) is 2. The van der Waals surface area contributed by atoms with Gasteiger partial charge in [0.05, 0.1) is 21.5 Å². The lowest BCUT2D eigenvalue weighted by Crippen LogP contribution is -2.15. The zero-order chi connectivity index (χ0) is 15.3. The standard InChI is InChI=1S/C12H16Cl2N2O3S/c1-2-20(18,19)5-3-4-11(17)16-12-9(13)6-8(15)7-10(12)14/h6-7H,2-5,15H2,1H3,(H,16,17). The first-order chi connectivity index (χ1) is 9.25. The van der Waals surface area contributed by atoms with Gasteiger partial charge in [0, 0.05) is 17.9 Å². The van der Waals surface area contributed by atoms with Gasteiger partial charge in [-0.3, -0.25) is 4.79 Å². The van der Waals surface area contributed by atoms with E-state index < -0.39 is 9.84 Å². The summed E-state index contributed by atoms with van der Waals surface area (Å²) in [6, 6.07) is 2.95. The molecule has 0 saturated heterocycles. The van der Waals surface area contributed by atoms with E-state index in [0.29, 0.717) is 5.69 Å². The molecular weight excluding hydrogens is 323 g/mol. The summed E-state index contributed by atoms with van der Waals surface area (Å²) in [6.45, 7) is 1.57. The predicted octanol–water partition coefficient (Wildman–Crippen LogP) is 2.73. The van der Waals surface area contributed by atoms with Gasteiger partial charge in [-0.1, -0.05) is 30.1 Å². The van der Waals surface area contributed by atoms with E-state index in [1.165, 1.54) is 12.1 Å². The molecule has 0 saturated carbocycles. The van der Waals surface area contributed by atoms with Crippen LogP contribution in [0.25, 0.3) is 0 Å². The minimum atomic E-state index is -3.06. The van der Waals surface area contributed by atoms with Crippen LogP contribution < -0.4 is 11.1 Å². The van der Waals surface area contributed by atoms with Gasteiger partial charge < -0.3 is 11.1 Å². The summed E-state index contributed by atoms with van der Waals surface area (Å²) < 4.78 is 22.6. The summed E-state index contributed by atoms with van der Waals surface area (Å²) in [6.07, 6.45) is 0.336. The van der Waals surface area contributed by atoms with Gasteiger partial charge in [0.2, 0.25) is 5.91 Å². The molecule has 1 aromatic carbocycles. The molecule has 0 heterocycles. The van der Waals surface area contributed by atoms with E-state index in [-0.39, 0.29) is 46.0 Å². The average Bonchev–Trinajstić information content (AvgIpc) is 2.33. The molecular formula is C12H16Cl2N2O3S. The Morgan fingerprint density at radius 1 is 1.30 bits per heavy atom. The number of rotatable bonds is 6. The van der Waals surface area contributed by atoms with E-state index in [1.807, 2.05) is 0 Å². The van der Waals surface area contributed by atoms with Gasteiger partial charge in [0.25, 0.3) is 0 Å². The molecule has 3 N–H and O–H groups in total. The SMILES string of the molecule is CCS(=O)(=O)CCCC(=O)Nc1c(Cl)cc(N)cc1Cl. The lowest BCUT2D eigenvalue weighted by molar-refractivity contribution is -0.116. The Labute approximate surface area is 128 Å². The fourth-order valence-corrected chi connectivity index (χ4v) is 2.98. The molecule has 20 heavy (non-hydrogen) atoms. The van der Waals surface area contributed by atoms with Gasteiger partial charge in [0.1, 0.15) is 9.84 Å². The predicted molar refractivity (Wildman–Crippen MR) is 83.1 cm³/mol. The molecule has 5 nitrogen and oxygen atoms in total. The Morgan fingerprint density at radius 3 is 2.35 bits per heavy atom. The highest BCUT2D eigenvalue weighted by molar-refractivity contribution is 7.91. The van der Waals surface area contributed by atoms with Crippen LogP contribution in [0.15, 0.2) is 12.1 Å². The molecule has 0 atom stereocenters. The molecule has 1 aromatic rings. The van der Waals surface area contributed by atoms with Crippen molar-refractivity contribution in [3.05, 3.63) is 22.2 Å². The number of amides is 1. The first-order valence-corrected chi connectivity index (χ1v) is 8.57. The maximum atomic E-state index is 11.7. The van der Waals surface area contributed by atoms with Gasteiger partial charge in [-0.15, -0.1) is 0 Å². The summed E-state index contributed by atoms with van der Waals surface area (Å²) in [5.74, 6) is -0.283. The van der Waals surface area contributed by atoms with Crippen LogP contribution in [-0.4, -0.2) is 25.8 Å². The van der Waals surface area contributed by atoms with Crippen molar-refractivity contribution in [3.63, 3.8) is 0 Å². The number of sulfone groups is 1. The third kappa shape index (κ3) is 5.19. The summed E-state index contributed by atoms with van der Waals surface area (Å²) >= 11 is 11.9. The number of nitrogens with one attached hydrogen (secondary N) is 1. The largest absolute Gasteiger partial charge is 0.399 e. The zero-order valence-corrected chi connectivity index (χ0v) is 13.3. The number of nitrogens with two attached hydrogens (primary N) is 1. The Bertz CT molecular complexity index is 580. The van der Waals surface area contributed by atoms with E-state index in [0.717, 1.165) is 0 Å². The van der Waals surface area contributed by atoms with Crippen LogP contribution in [0.3, 0.4) is 0 Å². The van der Waals surface area contributed by atoms with Crippen LogP contribution in [0.1, 0.15) is 19.8 Å². The van der Waals surface area contributed by atoms with Crippen LogP contribution in [0.2, 0.25) is 10.0 Å². The number of carbonyl (C=O) groups excluding carboxylic acids is 1. The number of benzene rings is 1. The maximum Gasteiger partial charge on any atom is 0.224 e. The summed E-state index contributed by atoms with van der Waals surface area (Å²) in [7, 11) is -3.06. The van der Waals surface area contributed by atoms with Crippen molar-refractivity contribution in [2.75, 3.05) is 22.6 Å². The van der Waals surface area contributed by atoms with Crippen molar-refractivity contribution in [1.29, 1.82) is 0 Å². The molecule has 0 fully saturated rings. The third-order valence-electron chi connectivity index (χ3n) is 2.63. The fourth-order valence-electron chi connectivity index (χ4n) is 1.51. The van der Waals surface area contributed by atoms with Crippen molar-refractivity contribution < 1.29 is 13.2 Å². The second-order valence-electron chi connectivity index (χ2n) is 4.25. The Kier molecular flexibility index (Phi) is 6.10. The number of halogens is 2. The molecule has 0 spiro atoms. The summed E-state index contributed by atoms with van der Waals surface area (Å²) in [5, 5.41) is 3.04. The molecule has 112 valence electrons. The summed E-state index contributed by atoms with van der Waals surface area (Å²) in [4.78, 5) is 11.7. The van der Waals surface area contributed by atoms with Gasteiger partial charge in [-0.2, -0.15) is 0 Å². The molecule has 0 aliphatic heterocycles. The number of nitrogen functional groups attached to an aromatic ring is 1. The van der Waals surface area contributed by atoms with Gasteiger partial charge in [0.15, 0.2) is 0 Å². The van der Waals surface area contributed by atoms with Crippen LogP contribution in [-0.2, 0) is 14.6 Å². The number of hydrogen-bond acceptors (Lipinski definition) is 4. The Hall–Kier alpha value is -0.980. The lowest BCUT2D eigenvalue weighted by atomic mass is 10.2. The van der Waals surface area contributed by atoms with Crippen LogP contribution in [0, 0.1) is 0 Å². The van der Waals surface area contributed by atoms with Crippen molar-refractivity contribution in [2.24, 2.45) is 0 Å². The minimum Gasteiger partial charge on any atom is -0.399 e. The van der Waals surface area contributed by atoms with E-state index >= 15 is 0 Å². The van der Waals surface area contributed by atoms with Crippen molar-refractivity contribution in [3.8, 4) is 0 Å². The van der Waals surface area contributed by atoms with Crippen LogP contribution in [0.5, 0.6) is 0 Å². The van der Waals surface area contributed by atoms with E-state index in [1.54, 1.807) is 6.92 Å². The van der Waals surface area contributed by atoms with E-state index in [4.69, 9.17) is 28.9 Å². The Morgan fingerprint density at radius 2 is 1.85 bits per heavy atom. The maximum absolute atomic E-state index is 11.7. The highest BCUT2D eigenvalue weighted by Crippen LogP contribution is 2.32. The first kappa shape index (κ1) is 17.1. The van der Waals surface area contributed by atoms with Crippen LogP contribution in [0.4, 0.5) is 11.4 Å². The molecule has 0 radical (unpaired) electrons. The molecule has 1 amide bonds. The topological polar surface area (TPSA) is 89.3 Å². The lowest BCUT2D eigenvalue weighted by Gasteiger charge is -2.10. The van der Waals surface area contributed by atoms with Gasteiger partial charge in [-0.25, -0.2) is 8.42 Å². The second-order valence-corrected chi connectivity index (χ2v) is 7.53. The minimum absolute atomic E-state index is 0.0138. The molecule has 1 rings (SSSR count). The molecule has 0 unspecified atom stereocenters. The van der Waals surface area contributed by atoms with Crippen LogP contribution >= 0.6 is 23.2 Å². The third-order valence-corrected chi connectivity index (χ3v) is 5.01.